The van der Waals surface area contributed by atoms with Crippen molar-refractivity contribution in [1.82, 2.24) is 5.32 Å². The van der Waals surface area contributed by atoms with Crippen LogP contribution in [0, 0.1) is 0 Å². The Morgan fingerprint density at radius 3 is 2.54 bits per heavy atom. The van der Waals surface area contributed by atoms with E-state index >= 15 is 0 Å². The molecule has 1 radical (unpaired) electrons. The number of imide groups is 1. The van der Waals surface area contributed by atoms with E-state index in [4.69, 9.17) is 0 Å². The first kappa shape index (κ1) is 9.96. The van der Waals surface area contributed by atoms with Crippen LogP contribution >= 0.6 is 0 Å². The molecule has 13 heavy (non-hydrogen) atoms. The fourth-order valence-electron chi connectivity index (χ4n) is 1.34. The van der Waals surface area contributed by atoms with Crippen LogP contribution in [-0.2, 0) is 9.59 Å². The number of rotatable bonds is 5. The van der Waals surface area contributed by atoms with E-state index in [0.717, 1.165) is 12.8 Å². The third-order valence-electron chi connectivity index (χ3n) is 2.08. The lowest BCUT2D eigenvalue weighted by atomic mass is 10.1. The molecule has 0 fully saturated rings. The smallest absolute Gasteiger partial charge is 0.267 e. The zero-order chi connectivity index (χ0) is 9.68. The number of nitrogens with zero attached hydrogens (tertiary/aromatic N) is 1. The average molecular weight is 180 g/mol. The highest BCUT2D eigenvalue weighted by molar-refractivity contribution is 6.15. The third kappa shape index (κ3) is 3.01. The van der Waals surface area contributed by atoms with Gasteiger partial charge in [0.2, 0.25) is 0 Å². The van der Waals surface area contributed by atoms with Crippen LogP contribution in [0.3, 0.4) is 0 Å². The fourth-order valence-corrected chi connectivity index (χ4v) is 1.34. The molecule has 0 spiro atoms. The van der Waals surface area contributed by atoms with E-state index in [1.807, 2.05) is 0 Å². The van der Waals surface area contributed by atoms with Gasteiger partial charge < -0.3 is 0 Å². The molecule has 1 heterocycles. The highest BCUT2D eigenvalue weighted by Crippen LogP contribution is 2.13. The summed E-state index contributed by atoms with van der Waals surface area (Å²) in [4.78, 5) is 21.7. The Labute approximate surface area is 78.2 Å². The molecule has 1 aliphatic heterocycles. The summed E-state index contributed by atoms with van der Waals surface area (Å²) in [6, 6.07) is 0. The minimum Gasteiger partial charge on any atom is -0.267 e. The van der Waals surface area contributed by atoms with E-state index in [1.54, 1.807) is 0 Å². The van der Waals surface area contributed by atoms with E-state index in [1.165, 1.54) is 18.9 Å². The summed E-state index contributed by atoms with van der Waals surface area (Å²) < 4.78 is 0. The lowest BCUT2D eigenvalue weighted by molar-refractivity contribution is -0.124. The Balaban J connectivity index is 2.25. The zero-order valence-corrected chi connectivity index (χ0v) is 7.88. The second-order valence-electron chi connectivity index (χ2n) is 3.24. The molecule has 0 aromatic carbocycles. The van der Waals surface area contributed by atoms with Crippen LogP contribution in [0.15, 0.2) is 11.6 Å². The van der Waals surface area contributed by atoms with Crippen LogP contribution in [0.1, 0.15) is 39.0 Å². The first-order valence-electron chi connectivity index (χ1n) is 4.74. The Morgan fingerprint density at radius 1 is 1.23 bits per heavy atom. The molecular weight excluding hydrogens is 166 g/mol. The van der Waals surface area contributed by atoms with Gasteiger partial charge in [0, 0.05) is 11.6 Å². The van der Waals surface area contributed by atoms with E-state index in [-0.39, 0.29) is 5.91 Å². The van der Waals surface area contributed by atoms with E-state index in [2.05, 4.69) is 12.2 Å². The first-order chi connectivity index (χ1) is 6.24. The molecule has 3 heteroatoms. The molecule has 3 nitrogen and oxygen atoms in total. The van der Waals surface area contributed by atoms with E-state index in [0.29, 0.717) is 12.0 Å². The minimum absolute atomic E-state index is 0.332. The molecule has 0 bridgehead atoms. The van der Waals surface area contributed by atoms with Crippen molar-refractivity contribution in [3.05, 3.63) is 11.6 Å². The van der Waals surface area contributed by atoms with Gasteiger partial charge in [-0.05, 0) is 12.8 Å². The molecule has 71 valence electrons. The molecule has 0 aromatic rings. The van der Waals surface area contributed by atoms with Crippen molar-refractivity contribution in [1.29, 1.82) is 0 Å². The fraction of sp³-hybridized carbons (Fsp3) is 0.600. The summed E-state index contributed by atoms with van der Waals surface area (Å²) in [6.07, 6.45) is 6.52. The summed E-state index contributed by atoms with van der Waals surface area (Å²) in [5.74, 6) is -0.725. The second kappa shape index (κ2) is 4.80. The number of carbonyl (C=O) groups is 2. The van der Waals surface area contributed by atoms with Crippen molar-refractivity contribution < 1.29 is 9.59 Å². The quantitative estimate of drug-likeness (QED) is 0.476. The maximum absolute atomic E-state index is 11.0. The van der Waals surface area contributed by atoms with Gasteiger partial charge in [-0.2, -0.15) is 5.32 Å². The molecular formula is C10H14NO2. The zero-order valence-electron chi connectivity index (χ0n) is 7.88. The number of amides is 2. The lowest BCUT2D eigenvalue weighted by Crippen LogP contribution is -2.13. The van der Waals surface area contributed by atoms with E-state index in [9.17, 15) is 9.59 Å². The van der Waals surface area contributed by atoms with Crippen LogP contribution in [0.4, 0.5) is 0 Å². The van der Waals surface area contributed by atoms with Gasteiger partial charge in [0.1, 0.15) is 0 Å². The minimum atomic E-state index is -0.393. The van der Waals surface area contributed by atoms with Crippen molar-refractivity contribution in [2.75, 3.05) is 0 Å². The number of unbranched alkanes of at least 4 members (excludes halogenated alkanes) is 3. The first-order valence-corrected chi connectivity index (χ1v) is 4.74. The number of hydrogen-bond acceptors (Lipinski definition) is 2. The largest absolute Gasteiger partial charge is 0.276 e. The van der Waals surface area contributed by atoms with Crippen molar-refractivity contribution in [2.45, 2.75) is 39.0 Å². The van der Waals surface area contributed by atoms with Crippen LogP contribution < -0.4 is 5.32 Å². The maximum Gasteiger partial charge on any atom is 0.276 e. The average Bonchev–Trinajstić information content (AvgIpc) is 2.39. The molecule has 0 saturated heterocycles. The highest BCUT2D eigenvalue weighted by Gasteiger charge is 2.21. The van der Waals surface area contributed by atoms with Gasteiger partial charge in [-0.1, -0.05) is 26.2 Å². The van der Waals surface area contributed by atoms with Crippen molar-refractivity contribution in [3.8, 4) is 0 Å². The predicted octanol–water partition coefficient (Wildman–Crippen LogP) is 1.55. The number of carbonyl (C=O) groups excluding carboxylic acids is 2. The Morgan fingerprint density at radius 2 is 2.00 bits per heavy atom. The second-order valence-corrected chi connectivity index (χ2v) is 3.24. The predicted molar refractivity (Wildman–Crippen MR) is 49.0 cm³/mol. The molecule has 0 saturated carbocycles. The molecule has 0 atom stereocenters. The molecule has 0 aromatic heterocycles. The van der Waals surface area contributed by atoms with Gasteiger partial charge >= 0.3 is 0 Å². The van der Waals surface area contributed by atoms with Gasteiger partial charge in [-0.15, -0.1) is 0 Å². The summed E-state index contributed by atoms with van der Waals surface area (Å²) in [5.41, 5.74) is 0.584. The third-order valence-corrected chi connectivity index (χ3v) is 2.08. The number of hydrogen-bond donors (Lipinski definition) is 0. The Hall–Kier alpha value is -1.12. The molecule has 0 unspecified atom stereocenters. The molecule has 1 aliphatic rings. The summed E-state index contributed by atoms with van der Waals surface area (Å²) >= 11 is 0. The SMILES string of the molecule is CCCCCCC1=CC(=O)[N]C1=O. The summed E-state index contributed by atoms with van der Waals surface area (Å²) in [5, 5.41) is 3.30. The van der Waals surface area contributed by atoms with Crippen molar-refractivity contribution in [3.63, 3.8) is 0 Å². The van der Waals surface area contributed by atoms with Gasteiger partial charge in [-0.25, -0.2) is 0 Å². The Bertz CT molecular complexity index is 243. The molecule has 0 aliphatic carbocycles. The van der Waals surface area contributed by atoms with Crippen LogP contribution in [0.25, 0.3) is 0 Å². The summed E-state index contributed by atoms with van der Waals surface area (Å²) in [6.45, 7) is 2.14. The van der Waals surface area contributed by atoms with Gasteiger partial charge in [0.25, 0.3) is 11.8 Å². The summed E-state index contributed by atoms with van der Waals surface area (Å²) in [7, 11) is 0. The standard InChI is InChI=1S/C10H14NO2/c1-2-3-4-5-6-8-7-9(12)11-10(8)13/h7H,2-6H2,1H3. The highest BCUT2D eigenvalue weighted by atomic mass is 16.2. The Kier molecular flexibility index (Phi) is 3.68. The lowest BCUT2D eigenvalue weighted by Gasteiger charge is -1.97. The van der Waals surface area contributed by atoms with Gasteiger partial charge in [0.05, 0.1) is 0 Å². The van der Waals surface area contributed by atoms with Crippen molar-refractivity contribution in [2.24, 2.45) is 0 Å². The molecule has 1 rings (SSSR count). The van der Waals surface area contributed by atoms with E-state index < -0.39 is 5.91 Å². The van der Waals surface area contributed by atoms with Gasteiger partial charge in [0.15, 0.2) is 0 Å². The van der Waals surface area contributed by atoms with Crippen LogP contribution in [0.2, 0.25) is 0 Å². The monoisotopic (exact) mass is 180 g/mol. The van der Waals surface area contributed by atoms with Crippen LogP contribution in [0.5, 0.6) is 0 Å². The molecule has 2 amide bonds. The maximum atomic E-state index is 11.0. The molecule has 0 N–H and O–H groups in total. The van der Waals surface area contributed by atoms with Crippen LogP contribution in [-0.4, -0.2) is 11.8 Å². The topological polar surface area (TPSA) is 48.2 Å². The normalized spacial score (nSPS) is 15.9. The van der Waals surface area contributed by atoms with Gasteiger partial charge in [-0.3, -0.25) is 9.59 Å². The van der Waals surface area contributed by atoms with Crippen molar-refractivity contribution >= 4 is 11.8 Å².